The number of anilines is 1. The fraction of sp³-hybridized carbons (Fsp3) is 0.636. The van der Waals surface area contributed by atoms with Gasteiger partial charge in [0.05, 0.1) is 0 Å². The summed E-state index contributed by atoms with van der Waals surface area (Å²) in [5, 5.41) is 13.3. The third-order valence-corrected chi connectivity index (χ3v) is 3.37. The number of aromatic nitrogens is 2. The zero-order chi connectivity index (χ0) is 12.0. The number of thioether (sulfide) groups is 1. The Balaban J connectivity index is 2.77. The molecule has 0 aliphatic carbocycles. The summed E-state index contributed by atoms with van der Waals surface area (Å²) in [7, 11) is 0. The van der Waals surface area contributed by atoms with Gasteiger partial charge in [0.15, 0.2) is 0 Å². The van der Waals surface area contributed by atoms with Crippen LogP contribution in [0.3, 0.4) is 0 Å². The summed E-state index contributed by atoms with van der Waals surface area (Å²) < 4.78 is 0. The van der Waals surface area contributed by atoms with Crippen molar-refractivity contribution >= 4 is 17.6 Å². The molecule has 16 heavy (non-hydrogen) atoms. The Kier molecular flexibility index (Phi) is 5.02. The summed E-state index contributed by atoms with van der Waals surface area (Å²) in [4.78, 5) is 8.31. The Hall–Kier alpha value is -0.810. The van der Waals surface area contributed by atoms with Crippen molar-refractivity contribution in [2.75, 3.05) is 18.2 Å². The van der Waals surface area contributed by atoms with Crippen molar-refractivity contribution in [3.05, 3.63) is 12.4 Å². The summed E-state index contributed by atoms with van der Waals surface area (Å²) in [6.45, 7) is 4.36. The first-order valence-corrected chi connectivity index (χ1v) is 6.61. The van der Waals surface area contributed by atoms with Crippen LogP contribution in [0.15, 0.2) is 17.4 Å². The van der Waals surface area contributed by atoms with Gasteiger partial charge < -0.3 is 10.4 Å². The van der Waals surface area contributed by atoms with Crippen LogP contribution in [0.25, 0.3) is 0 Å². The Morgan fingerprint density at radius 3 is 2.81 bits per heavy atom. The highest BCUT2D eigenvalue weighted by Crippen LogP contribution is 2.22. The van der Waals surface area contributed by atoms with Crippen molar-refractivity contribution in [3.63, 3.8) is 0 Å². The lowest BCUT2D eigenvalue weighted by atomic mass is 9.95. The minimum absolute atomic E-state index is 0.112. The Labute approximate surface area is 101 Å². The van der Waals surface area contributed by atoms with Gasteiger partial charge in [-0.15, -0.1) is 11.8 Å². The van der Waals surface area contributed by atoms with Gasteiger partial charge in [-0.2, -0.15) is 0 Å². The molecular formula is C11H19N3OS. The van der Waals surface area contributed by atoms with Crippen LogP contribution < -0.4 is 5.32 Å². The van der Waals surface area contributed by atoms with E-state index in [0.717, 1.165) is 17.3 Å². The lowest BCUT2D eigenvalue weighted by Gasteiger charge is -2.29. The molecule has 90 valence electrons. The SMILES string of the molecule is CCC(C)(CCO)Nc1cc(SC)ncn1. The van der Waals surface area contributed by atoms with Gasteiger partial charge in [0.25, 0.3) is 0 Å². The highest BCUT2D eigenvalue weighted by molar-refractivity contribution is 7.98. The van der Waals surface area contributed by atoms with E-state index in [1.54, 1.807) is 18.1 Å². The molecule has 0 saturated heterocycles. The van der Waals surface area contributed by atoms with Crippen LogP contribution in [0.4, 0.5) is 5.82 Å². The van der Waals surface area contributed by atoms with Gasteiger partial charge in [-0.25, -0.2) is 9.97 Å². The van der Waals surface area contributed by atoms with Crippen LogP contribution in [-0.4, -0.2) is 33.5 Å². The molecule has 0 aromatic carbocycles. The second-order valence-electron chi connectivity index (χ2n) is 3.96. The predicted molar refractivity (Wildman–Crippen MR) is 67.8 cm³/mol. The van der Waals surface area contributed by atoms with Gasteiger partial charge in [-0.3, -0.25) is 0 Å². The molecule has 1 aromatic heterocycles. The van der Waals surface area contributed by atoms with Crippen LogP contribution >= 0.6 is 11.8 Å². The number of rotatable bonds is 6. The number of aliphatic hydroxyl groups excluding tert-OH is 1. The van der Waals surface area contributed by atoms with E-state index in [0.29, 0.717) is 6.42 Å². The molecule has 4 nitrogen and oxygen atoms in total. The minimum Gasteiger partial charge on any atom is -0.396 e. The van der Waals surface area contributed by atoms with E-state index in [1.807, 2.05) is 12.3 Å². The summed E-state index contributed by atoms with van der Waals surface area (Å²) in [5.41, 5.74) is -0.112. The molecule has 2 N–H and O–H groups in total. The molecule has 5 heteroatoms. The third-order valence-electron chi connectivity index (χ3n) is 2.72. The lowest BCUT2D eigenvalue weighted by Crippen LogP contribution is -2.35. The summed E-state index contributed by atoms with van der Waals surface area (Å²) in [6, 6.07) is 1.93. The maximum Gasteiger partial charge on any atom is 0.130 e. The molecule has 0 radical (unpaired) electrons. The smallest absolute Gasteiger partial charge is 0.130 e. The highest BCUT2D eigenvalue weighted by atomic mass is 32.2. The van der Waals surface area contributed by atoms with Crippen molar-refractivity contribution in [1.29, 1.82) is 0 Å². The van der Waals surface area contributed by atoms with E-state index in [9.17, 15) is 0 Å². The van der Waals surface area contributed by atoms with Crippen molar-refractivity contribution in [2.45, 2.75) is 37.3 Å². The van der Waals surface area contributed by atoms with E-state index < -0.39 is 0 Å². The van der Waals surface area contributed by atoms with Gasteiger partial charge in [0, 0.05) is 18.2 Å². The van der Waals surface area contributed by atoms with E-state index >= 15 is 0 Å². The molecule has 0 aliphatic rings. The second kappa shape index (κ2) is 6.06. The van der Waals surface area contributed by atoms with Gasteiger partial charge in [-0.1, -0.05) is 6.92 Å². The maximum absolute atomic E-state index is 9.03. The zero-order valence-corrected chi connectivity index (χ0v) is 10.8. The Morgan fingerprint density at radius 2 is 2.25 bits per heavy atom. The van der Waals surface area contributed by atoms with Crippen LogP contribution in [0.5, 0.6) is 0 Å². The van der Waals surface area contributed by atoms with Gasteiger partial charge in [-0.05, 0) is 26.0 Å². The average Bonchev–Trinajstić information content (AvgIpc) is 2.29. The number of aliphatic hydroxyl groups is 1. The molecule has 1 aromatic rings. The Morgan fingerprint density at radius 1 is 1.50 bits per heavy atom. The average molecular weight is 241 g/mol. The summed E-state index contributed by atoms with van der Waals surface area (Å²) >= 11 is 1.59. The minimum atomic E-state index is -0.112. The number of hydrogen-bond acceptors (Lipinski definition) is 5. The monoisotopic (exact) mass is 241 g/mol. The fourth-order valence-electron chi connectivity index (χ4n) is 1.40. The molecule has 0 amide bonds. The molecule has 0 aliphatic heterocycles. The van der Waals surface area contributed by atoms with Crippen molar-refractivity contribution < 1.29 is 5.11 Å². The van der Waals surface area contributed by atoms with Crippen molar-refractivity contribution in [3.8, 4) is 0 Å². The molecule has 0 saturated carbocycles. The molecule has 0 bridgehead atoms. The standard InChI is InChI=1S/C11H19N3OS/c1-4-11(2,5-6-15)14-9-7-10(16-3)13-8-12-9/h7-8,15H,4-6H2,1-3H3,(H,12,13,14). The first-order valence-electron chi connectivity index (χ1n) is 5.38. The molecule has 1 unspecified atom stereocenters. The molecule has 1 heterocycles. The largest absolute Gasteiger partial charge is 0.396 e. The first-order chi connectivity index (χ1) is 7.63. The van der Waals surface area contributed by atoms with Crippen LogP contribution in [0, 0.1) is 0 Å². The van der Waals surface area contributed by atoms with Crippen LogP contribution in [-0.2, 0) is 0 Å². The van der Waals surface area contributed by atoms with Gasteiger partial charge in [0.1, 0.15) is 17.2 Å². The summed E-state index contributed by atoms with van der Waals surface area (Å²) in [5.74, 6) is 0.817. The van der Waals surface area contributed by atoms with Gasteiger partial charge >= 0.3 is 0 Å². The number of hydrogen-bond donors (Lipinski definition) is 2. The fourth-order valence-corrected chi connectivity index (χ4v) is 1.79. The van der Waals surface area contributed by atoms with E-state index in [2.05, 4.69) is 29.1 Å². The summed E-state index contributed by atoms with van der Waals surface area (Å²) in [6.07, 6.45) is 5.19. The van der Waals surface area contributed by atoms with E-state index in [4.69, 9.17) is 5.11 Å². The number of nitrogens with one attached hydrogen (secondary N) is 1. The molecular weight excluding hydrogens is 222 g/mol. The van der Waals surface area contributed by atoms with Crippen LogP contribution in [0.2, 0.25) is 0 Å². The number of nitrogens with zero attached hydrogens (tertiary/aromatic N) is 2. The quantitative estimate of drug-likeness (QED) is 0.590. The van der Waals surface area contributed by atoms with E-state index in [-0.39, 0.29) is 12.1 Å². The Bertz CT molecular complexity index is 335. The van der Waals surface area contributed by atoms with E-state index in [1.165, 1.54) is 0 Å². The topological polar surface area (TPSA) is 58.0 Å². The van der Waals surface area contributed by atoms with Crippen molar-refractivity contribution in [2.24, 2.45) is 0 Å². The maximum atomic E-state index is 9.03. The third kappa shape index (κ3) is 3.64. The van der Waals surface area contributed by atoms with Crippen molar-refractivity contribution in [1.82, 2.24) is 9.97 Å². The van der Waals surface area contributed by atoms with Crippen LogP contribution in [0.1, 0.15) is 26.7 Å². The molecule has 0 spiro atoms. The zero-order valence-electron chi connectivity index (χ0n) is 10.0. The molecule has 1 rings (SSSR count). The second-order valence-corrected chi connectivity index (χ2v) is 4.78. The molecule has 0 fully saturated rings. The molecule has 1 atom stereocenters. The normalized spacial score (nSPS) is 14.5. The van der Waals surface area contributed by atoms with Gasteiger partial charge in [0.2, 0.25) is 0 Å². The predicted octanol–water partition coefficient (Wildman–Crippen LogP) is 2.16. The lowest BCUT2D eigenvalue weighted by molar-refractivity contribution is 0.252. The first kappa shape index (κ1) is 13.3. The highest BCUT2D eigenvalue weighted by Gasteiger charge is 2.21.